The van der Waals surface area contributed by atoms with Crippen LogP contribution in [-0.4, -0.2) is 40.1 Å². The molecule has 3 heterocycles. The Kier molecular flexibility index (Phi) is 9.47. The molecule has 0 aliphatic rings. The lowest BCUT2D eigenvalue weighted by Crippen LogP contribution is -2.25. The van der Waals surface area contributed by atoms with Crippen LogP contribution in [0.4, 0.5) is 18.9 Å². The average molecular weight is 514 g/mol. The second-order valence-electron chi connectivity index (χ2n) is 6.60. The van der Waals surface area contributed by atoms with Crippen LogP contribution in [0.15, 0.2) is 29.2 Å². The van der Waals surface area contributed by atoms with E-state index in [1.165, 1.54) is 16.0 Å². The minimum absolute atomic E-state index is 0.0530. The van der Waals surface area contributed by atoms with E-state index in [-0.39, 0.29) is 18.0 Å². The first-order valence-electron chi connectivity index (χ1n) is 9.48. The zero-order chi connectivity index (χ0) is 25.4. The van der Waals surface area contributed by atoms with Gasteiger partial charge in [-0.1, -0.05) is 17.5 Å². The van der Waals surface area contributed by atoms with Gasteiger partial charge in [-0.3, -0.25) is 19.1 Å². The molecule has 0 aromatic carbocycles. The van der Waals surface area contributed by atoms with Crippen LogP contribution >= 0.6 is 22.9 Å². The van der Waals surface area contributed by atoms with E-state index in [4.69, 9.17) is 11.6 Å². The summed E-state index contributed by atoms with van der Waals surface area (Å²) in [5.74, 6) is 4.50. The first-order chi connectivity index (χ1) is 16.0. The third-order valence-electron chi connectivity index (χ3n) is 4.08. The van der Waals surface area contributed by atoms with Gasteiger partial charge in [0.25, 0.3) is 17.9 Å². The predicted molar refractivity (Wildman–Crippen MR) is 123 cm³/mol. The van der Waals surface area contributed by atoms with Crippen LogP contribution < -0.4 is 16.2 Å². The van der Waals surface area contributed by atoms with E-state index in [0.29, 0.717) is 20.3 Å². The molecule has 34 heavy (non-hydrogen) atoms. The lowest BCUT2D eigenvalue weighted by molar-refractivity contribution is -0.105. The number of hydrogen-bond acceptors (Lipinski definition) is 5. The number of halogens is 4. The van der Waals surface area contributed by atoms with Gasteiger partial charge in [-0.25, -0.2) is 13.2 Å². The van der Waals surface area contributed by atoms with Crippen molar-refractivity contribution in [1.82, 2.24) is 19.7 Å². The van der Waals surface area contributed by atoms with Crippen LogP contribution in [-0.2, 0) is 18.4 Å². The largest absolute Gasteiger partial charge is 0.354 e. The number of nitrogens with zero attached hydrogens (tertiary/aromatic N) is 3. The smallest absolute Gasteiger partial charge is 0.286 e. The van der Waals surface area contributed by atoms with Crippen molar-refractivity contribution in [3.05, 3.63) is 66.7 Å². The van der Waals surface area contributed by atoms with Gasteiger partial charge >= 0.3 is 0 Å². The van der Waals surface area contributed by atoms with E-state index < -0.39 is 24.3 Å². The molecule has 180 valence electrons. The first-order valence-corrected chi connectivity index (χ1v) is 10.7. The molecular formula is C21H19ClF3N5O3S. The Bertz CT molecular complexity index is 1310. The zero-order valence-corrected chi connectivity index (χ0v) is 19.7. The summed E-state index contributed by atoms with van der Waals surface area (Å²) in [5, 5.41) is 8.79. The van der Waals surface area contributed by atoms with Crippen LogP contribution in [0.3, 0.4) is 0 Å². The number of hydrogen-bond donors (Lipinski definition) is 2. The van der Waals surface area contributed by atoms with Crippen molar-refractivity contribution in [3.8, 4) is 11.8 Å². The molecule has 0 fully saturated rings. The number of carbonyl (C=O) groups is 2. The number of aromatic nitrogens is 3. The van der Waals surface area contributed by atoms with Crippen LogP contribution in [0.5, 0.6) is 0 Å². The van der Waals surface area contributed by atoms with E-state index in [9.17, 15) is 27.6 Å². The molecule has 3 aromatic heterocycles. The average Bonchev–Trinajstić information content (AvgIpc) is 3.30. The maximum atomic E-state index is 12.9. The standard InChI is InChI=1S/C13H12ClN3OS.C8H7F3N2O2/c1-8-6-9(12(14)19-8)4-5-10-7-11(13(18)15-2)17(3)16-10;9-6-1-5(12-4-14)2-13(8(6)15)3-7(10)11/h6-7H,1-3H3,(H,15,18);1-2,4,7H,3H2,(H,12,14). The molecule has 0 aliphatic carbocycles. The second-order valence-corrected chi connectivity index (χ2v) is 8.46. The number of thiophene rings is 1. The molecule has 0 atom stereocenters. The summed E-state index contributed by atoms with van der Waals surface area (Å²) >= 11 is 7.54. The zero-order valence-electron chi connectivity index (χ0n) is 18.2. The summed E-state index contributed by atoms with van der Waals surface area (Å²) in [6, 6.07) is 4.35. The van der Waals surface area contributed by atoms with Crippen molar-refractivity contribution in [1.29, 1.82) is 0 Å². The number of anilines is 1. The maximum Gasteiger partial charge on any atom is 0.286 e. The molecule has 0 aliphatic heterocycles. The fourth-order valence-corrected chi connectivity index (χ4v) is 3.75. The summed E-state index contributed by atoms with van der Waals surface area (Å²) < 4.78 is 39.5. The van der Waals surface area contributed by atoms with E-state index in [0.717, 1.165) is 22.7 Å². The van der Waals surface area contributed by atoms with Crippen LogP contribution in [0, 0.1) is 24.6 Å². The number of pyridine rings is 1. The number of aryl methyl sites for hydroxylation is 2. The second kappa shape index (κ2) is 12.1. The van der Waals surface area contributed by atoms with E-state index in [1.807, 2.05) is 13.0 Å². The quantitative estimate of drug-likeness (QED) is 0.405. The highest BCUT2D eigenvalue weighted by Crippen LogP contribution is 2.26. The highest BCUT2D eigenvalue weighted by molar-refractivity contribution is 7.16. The third-order valence-corrected chi connectivity index (χ3v) is 5.35. The van der Waals surface area contributed by atoms with E-state index in [2.05, 4.69) is 27.6 Å². The highest BCUT2D eigenvalue weighted by Gasteiger charge is 2.11. The van der Waals surface area contributed by atoms with Gasteiger partial charge in [0, 0.05) is 37.3 Å². The molecule has 0 spiro atoms. The number of carbonyl (C=O) groups excluding carboxylic acids is 2. The van der Waals surface area contributed by atoms with Crippen molar-refractivity contribution in [2.75, 3.05) is 12.4 Å². The van der Waals surface area contributed by atoms with Gasteiger partial charge in [0.15, 0.2) is 5.82 Å². The fourth-order valence-electron chi connectivity index (χ4n) is 2.60. The molecule has 0 saturated heterocycles. The van der Waals surface area contributed by atoms with E-state index in [1.54, 1.807) is 20.2 Å². The first kappa shape index (κ1) is 26.7. The molecule has 3 aromatic rings. The van der Waals surface area contributed by atoms with Crippen molar-refractivity contribution in [2.45, 2.75) is 19.9 Å². The Morgan fingerprint density at radius 3 is 2.59 bits per heavy atom. The van der Waals surface area contributed by atoms with Crippen molar-refractivity contribution in [3.63, 3.8) is 0 Å². The van der Waals surface area contributed by atoms with Gasteiger partial charge in [0.2, 0.25) is 6.41 Å². The molecule has 8 nitrogen and oxygen atoms in total. The molecular weight excluding hydrogens is 495 g/mol. The van der Waals surface area contributed by atoms with Gasteiger partial charge in [0.1, 0.15) is 15.7 Å². The number of amides is 2. The molecule has 0 saturated carbocycles. The summed E-state index contributed by atoms with van der Waals surface area (Å²) in [7, 11) is 3.28. The highest BCUT2D eigenvalue weighted by atomic mass is 35.5. The van der Waals surface area contributed by atoms with Crippen LogP contribution in [0.1, 0.15) is 26.6 Å². The van der Waals surface area contributed by atoms with Crippen LogP contribution in [0.2, 0.25) is 4.34 Å². The topological polar surface area (TPSA) is 98.0 Å². The summed E-state index contributed by atoms with van der Waals surface area (Å²) in [5.41, 5.74) is 0.603. The van der Waals surface area contributed by atoms with Gasteiger partial charge in [-0.2, -0.15) is 5.10 Å². The monoisotopic (exact) mass is 513 g/mol. The molecule has 0 radical (unpaired) electrons. The van der Waals surface area contributed by atoms with Gasteiger partial charge in [-0.05, 0) is 18.9 Å². The van der Waals surface area contributed by atoms with Crippen LogP contribution in [0.25, 0.3) is 0 Å². The Hall–Kier alpha value is -3.56. The molecule has 13 heteroatoms. The van der Waals surface area contributed by atoms with Gasteiger partial charge in [0.05, 0.1) is 17.8 Å². The molecule has 2 N–H and O–H groups in total. The number of nitrogens with one attached hydrogen (secondary N) is 2. The van der Waals surface area contributed by atoms with Crippen molar-refractivity contribution < 1.29 is 22.8 Å². The predicted octanol–water partition coefficient (Wildman–Crippen LogP) is 3.02. The Labute approximate surface area is 201 Å². The number of alkyl halides is 2. The minimum atomic E-state index is -2.77. The molecule has 0 bridgehead atoms. The summed E-state index contributed by atoms with van der Waals surface area (Å²) in [6.45, 7) is 1.07. The van der Waals surface area contributed by atoms with Gasteiger partial charge in [-0.15, -0.1) is 11.3 Å². The Morgan fingerprint density at radius 1 is 1.32 bits per heavy atom. The molecule has 0 unspecified atom stereocenters. The Balaban J connectivity index is 0.000000248. The SMILES string of the molecule is CNC(=O)c1cc(C#Cc2cc(C)sc2Cl)nn1C.O=CNc1cc(F)c(=O)n(CC(F)F)c1. The lowest BCUT2D eigenvalue weighted by Gasteiger charge is -2.07. The Morgan fingerprint density at radius 2 is 2.03 bits per heavy atom. The molecule has 2 amide bonds. The third kappa shape index (κ3) is 7.23. The summed E-state index contributed by atoms with van der Waals surface area (Å²) in [6.07, 6.45) is -1.56. The maximum absolute atomic E-state index is 12.9. The normalized spacial score (nSPS) is 10.1. The van der Waals surface area contributed by atoms with Crippen molar-refractivity contribution >= 4 is 40.9 Å². The molecule has 3 rings (SSSR count). The van der Waals surface area contributed by atoms with E-state index >= 15 is 0 Å². The summed E-state index contributed by atoms with van der Waals surface area (Å²) in [4.78, 5) is 33.7. The van der Waals surface area contributed by atoms with Crippen molar-refractivity contribution in [2.24, 2.45) is 7.05 Å². The number of rotatable bonds is 5. The lowest BCUT2D eigenvalue weighted by atomic mass is 10.3. The van der Waals surface area contributed by atoms with Gasteiger partial charge < -0.3 is 15.2 Å². The fraction of sp³-hybridized carbons (Fsp3) is 0.238. The minimum Gasteiger partial charge on any atom is -0.354 e.